The number of nitrogen functional groups attached to an aromatic ring is 1. The third-order valence-corrected chi connectivity index (χ3v) is 2.63. The molecular formula is C14H12N4O. The van der Waals surface area contributed by atoms with Crippen molar-refractivity contribution in [2.24, 2.45) is 0 Å². The van der Waals surface area contributed by atoms with Crippen LogP contribution >= 0.6 is 0 Å². The summed E-state index contributed by atoms with van der Waals surface area (Å²) in [6.07, 6.45) is 0. The number of aromatic nitrogens is 3. The molecule has 0 fully saturated rings. The zero-order chi connectivity index (χ0) is 13.1. The standard InChI is InChI=1S/C14H12N4O/c15-10-4-3-5-11(8-10)19-9-14-16-12-6-1-2-7-13(12)17-18-14/h1-8H,9,15H2. The molecule has 0 saturated heterocycles. The molecule has 0 unspecified atom stereocenters. The van der Waals surface area contributed by atoms with E-state index in [2.05, 4.69) is 15.2 Å². The number of fused-ring (bicyclic) bond motifs is 1. The highest BCUT2D eigenvalue weighted by Crippen LogP contribution is 2.15. The molecule has 0 saturated carbocycles. The molecule has 2 aromatic carbocycles. The zero-order valence-electron chi connectivity index (χ0n) is 10.2. The molecule has 1 aromatic heterocycles. The van der Waals surface area contributed by atoms with Crippen molar-refractivity contribution in [3.63, 3.8) is 0 Å². The Bertz CT molecular complexity index is 714. The summed E-state index contributed by atoms with van der Waals surface area (Å²) in [5, 5.41) is 8.12. The van der Waals surface area contributed by atoms with Crippen LogP contribution in [0.1, 0.15) is 5.82 Å². The molecule has 2 N–H and O–H groups in total. The molecule has 5 nitrogen and oxygen atoms in total. The topological polar surface area (TPSA) is 73.9 Å². The number of para-hydroxylation sites is 1. The fourth-order valence-electron chi connectivity index (χ4n) is 1.73. The molecule has 0 aliphatic heterocycles. The molecule has 3 rings (SSSR count). The summed E-state index contributed by atoms with van der Waals surface area (Å²) in [5.41, 5.74) is 7.92. The van der Waals surface area contributed by atoms with E-state index >= 15 is 0 Å². The van der Waals surface area contributed by atoms with Crippen LogP contribution in [0.5, 0.6) is 5.75 Å². The van der Waals surface area contributed by atoms with Crippen molar-refractivity contribution in [3.05, 3.63) is 54.4 Å². The van der Waals surface area contributed by atoms with Gasteiger partial charge in [0.25, 0.3) is 0 Å². The summed E-state index contributed by atoms with van der Waals surface area (Å²) in [5.74, 6) is 1.23. The van der Waals surface area contributed by atoms with E-state index in [9.17, 15) is 0 Å². The molecule has 0 aliphatic rings. The van der Waals surface area contributed by atoms with Crippen LogP contribution in [0.2, 0.25) is 0 Å². The number of nitrogens with zero attached hydrogens (tertiary/aromatic N) is 3. The lowest BCUT2D eigenvalue weighted by molar-refractivity contribution is 0.295. The van der Waals surface area contributed by atoms with Gasteiger partial charge < -0.3 is 10.5 Å². The van der Waals surface area contributed by atoms with E-state index in [-0.39, 0.29) is 6.61 Å². The Kier molecular flexibility index (Phi) is 2.94. The van der Waals surface area contributed by atoms with Crippen molar-refractivity contribution < 1.29 is 4.74 Å². The van der Waals surface area contributed by atoms with Gasteiger partial charge in [-0.25, -0.2) is 4.98 Å². The average molecular weight is 252 g/mol. The third-order valence-electron chi connectivity index (χ3n) is 2.63. The van der Waals surface area contributed by atoms with Gasteiger partial charge in [0, 0.05) is 11.8 Å². The number of anilines is 1. The van der Waals surface area contributed by atoms with Crippen molar-refractivity contribution >= 4 is 16.7 Å². The van der Waals surface area contributed by atoms with Gasteiger partial charge in [0.1, 0.15) is 17.9 Å². The normalized spacial score (nSPS) is 10.5. The number of hydrogen-bond donors (Lipinski definition) is 1. The van der Waals surface area contributed by atoms with E-state index in [0.29, 0.717) is 17.3 Å². The van der Waals surface area contributed by atoms with Gasteiger partial charge in [-0.2, -0.15) is 0 Å². The second-order valence-electron chi connectivity index (χ2n) is 4.08. The first kappa shape index (κ1) is 11.4. The lowest BCUT2D eigenvalue weighted by Gasteiger charge is -2.05. The summed E-state index contributed by atoms with van der Waals surface area (Å²) in [4.78, 5) is 4.38. The predicted octanol–water partition coefficient (Wildman–Crippen LogP) is 2.19. The van der Waals surface area contributed by atoms with Crippen LogP contribution < -0.4 is 10.5 Å². The fraction of sp³-hybridized carbons (Fsp3) is 0.0714. The molecule has 94 valence electrons. The van der Waals surface area contributed by atoms with E-state index in [4.69, 9.17) is 10.5 Å². The van der Waals surface area contributed by atoms with Gasteiger partial charge in [0.05, 0.1) is 5.52 Å². The highest BCUT2D eigenvalue weighted by molar-refractivity contribution is 5.72. The van der Waals surface area contributed by atoms with Gasteiger partial charge in [-0.15, -0.1) is 10.2 Å². The molecule has 19 heavy (non-hydrogen) atoms. The Hall–Kier alpha value is -2.69. The van der Waals surface area contributed by atoms with Crippen LogP contribution in [-0.2, 0) is 6.61 Å². The van der Waals surface area contributed by atoms with Crippen LogP contribution in [-0.4, -0.2) is 15.2 Å². The Labute approximate surface area is 110 Å². The predicted molar refractivity (Wildman–Crippen MR) is 72.5 cm³/mol. The number of nitrogens with two attached hydrogens (primary N) is 1. The van der Waals surface area contributed by atoms with Crippen molar-refractivity contribution in [2.75, 3.05) is 5.73 Å². The zero-order valence-corrected chi connectivity index (χ0v) is 10.2. The molecule has 0 aliphatic carbocycles. The summed E-state index contributed by atoms with van der Waals surface area (Å²) in [7, 11) is 0. The minimum Gasteiger partial charge on any atom is -0.485 e. The van der Waals surface area contributed by atoms with Crippen LogP contribution in [0, 0.1) is 0 Å². The summed E-state index contributed by atoms with van der Waals surface area (Å²) in [6.45, 7) is 0.265. The van der Waals surface area contributed by atoms with Crippen LogP contribution in [0.25, 0.3) is 11.0 Å². The lowest BCUT2D eigenvalue weighted by atomic mass is 10.3. The highest BCUT2D eigenvalue weighted by Gasteiger charge is 2.02. The third kappa shape index (κ3) is 2.60. The van der Waals surface area contributed by atoms with E-state index in [1.807, 2.05) is 36.4 Å². The van der Waals surface area contributed by atoms with Gasteiger partial charge in [-0.3, -0.25) is 0 Å². The Morgan fingerprint density at radius 1 is 0.947 bits per heavy atom. The lowest BCUT2D eigenvalue weighted by Crippen LogP contribution is -2.03. The van der Waals surface area contributed by atoms with Gasteiger partial charge >= 0.3 is 0 Å². The minimum absolute atomic E-state index is 0.265. The first-order valence-electron chi connectivity index (χ1n) is 5.88. The van der Waals surface area contributed by atoms with Crippen molar-refractivity contribution in [3.8, 4) is 5.75 Å². The van der Waals surface area contributed by atoms with Crippen LogP contribution in [0.4, 0.5) is 5.69 Å². The maximum atomic E-state index is 5.68. The average Bonchev–Trinajstić information content (AvgIpc) is 2.45. The number of hydrogen-bond acceptors (Lipinski definition) is 5. The molecule has 5 heteroatoms. The Morgan fingerprint density at radius 3 is 2.63 bits per heavy atom. The van der Waals surface area contributed by atoms with Crippen LogP contribution in [0.15, 0.2) is 48.5 Å². The second-order valence-corrected chi connectivity index (χ2v) is 4.08. The van der Waals surface area contributed by atoms with E-state index in [1.165, 1.54) is 0 Å². The first-order valence-corrected chi connectivity index (χ1v) is 5.88. The molecule has 1 heterocycles. The number of benzene rings is 2. The second kappa shape index (κ2) is 4.89. The summed E-state index contributed by atoms with van der Waals surface area (Å²) >= 11 is 0. The minimum atomic E-state index is 0.265. The fourth-order valence-corrected chi connectivity index (χ4v) is 1.73. The van der Waals surface area contributed by atoms with E-state index in [0.717, 1.165) is 11.0 Å². The molecule has 0 amide bonds. The van der Waals surface area contributed by atoms with Gasteiger partial charge in [-0.1, -0.05) is 18.2 Å². The molecule has 0 radical (unpaired) electrons. The van der Waals surface area contributed by atoms with Crippen LogP contribution in [0.3, 0.4) is 0 Å². The van der Waals surface area contributed by atoms with E-state index in [1.54, 1.807) is 12.1 Å². The largest absolute Gasteiger partial charge is 0.485 e. The van der Waals surface area contributed by atoms with Crippen molar-refractivity contribution in [1.82, 2.24) is 15.2 Å². The number of rotatable bonds is 3. The van der Waals surface area contributed by atoms with Crippen molar-refractivity contribution in [2.45, 2.75) is 6.61 Å². The Balaban J connectivity index is 1.78. The maximum absolute atomic E-state index is 5.68. The maximum Gasteiger partial charge on any atom is 0.189 e. The Morgan fingerprint density at radius 2 is 1.79 bits per heavy atom. The first-order chi connectivity index (χ1) is 9.31. The molecule has 0 atom stereocenters. The molecule has 0 bridgehead atoms. The monoisotopic (exact) mass is 252 g/mol. The smallest absolute Gasteiger partial charge is 0.189 e. The molecular weight excluding hydrogens is 240 g/mol. The summed E-state index contributed by atoms with van der Waals surface area (Å²) in [6, 6.07) is 14.8. The quantitative estimate of drug-likeness (QED) is 0.723. The highest BCUT2D eigenvalue weighted by atomic mass is 16.5. The SMILES string of the molecule is Nc1cccc(OCc2nnc3ccccc3n2)c1. The van der Waals surface area contributed by atoms with Crippen molar-refractivity contribution in [1.29, 1.82) is 0 Å². The van der Waals surface area contributed by atoms with Gasteiger partial charge in [-0.05, 0) is 24.3 Å². The van der Waals surface area contributed by atoms with Gasteiger partial charge in [0.2, 0.25) is 0 Å². The molecule has 3 aromatic rings. The van der Waals surface area contributed by atoms with Gasteiger partial charge in [0.15, 0.2) is 5.82 Å². The van der Waals surface area contributed by atoms with E-state index < -0.39 is 0 Å². The summed E-state index contributed by atoms with van der Waals surface area (Å²) < 4.78 is 5.58. The molecule has 0 spiro atoms. The number of ether oxygens (including phenoxy) is 1.